The highest BCUT2D eigenvalue weighted by Gasteiger charge is 2.36. The average molecular weight is 310 g/mol. The Morgan fingerprint density at radius 2 is 1.87 bits per heavy atom. The van der Waals surface area contributed by atoms with Gasteiger partial charge in [-0.15, -0.1) is 0 Å². The van der Waals surface area contributed by atoms with E-state index in [0.717, 1.165) is 12.0 Å². The summed E-state index contributed by atoms with van der Waals surface area (Å²) < 4.78 is 0. The third-order valence-electron chi connectivity index (χ3n) is 4.31. The molecule has 1 fully saturated rings. The zero-order valence-electron chi connectivity index (χ0n) is 13.2. The maximum Gasteiger partial charge on any atom is 0.225 e. The number of carbonyl (C=O) groups excluding carboxylic acids is 1. The summed E-state index contributed by atoms with van der Waals surface area (Å²) in [4.78, 5) is 16.3. The number of aromatic nitrogens is 1. The number of hydrogen-bond acceptors (Lipinski definition) is 4. The minimum atomic E-state index is -0.0747. The van der Waals surface area contributed by atoms with Crippen LogP contribution in [-0.4, -0.2) is 17.1 Å². The number of benzene rings is 1. The zero-order chi connectivity index (χ0) is 16.1. The van der Waals surface area contributed by atoms with E-state index in [9.17, 15) is 4.79 Å². The summed E-state index contributed by atoms with van der Waals surface area (Å²) in [5, 5.41) is 3.10. The van der Waals surface area contributed by atoms with Gasteiger partial charge in [0.05, 0.1) is 18.6 Å². The lowest BCUT2D eigenvalue weighted by Crippen LogP contribution is -2.47. The van der Waals surface area contributed by atoms with Crippen LogP contribution >= 0.6 is 0 Å². The fourth-order valence-corrected chi connectivity index (χ4v) is 3.11. The Bertz CT molecular complexity index is 632. The molecule has 23 heavy (non-hydrogen) atoms. The third kappa shape index (κ3) is 3.75. The molecule has 1 aromatic carbocycles. The van der Waals surface area contributed by atoms with Crippen molar-refractivity contribution in [3.05, 3.63) is 66.0 Å². The van der Waals surface area contributed by atoms with Crippen molar-refractivity contribution >= 4 is 5.91 Å². The van der Waals surface area contributed by atoms with E-state index in [1.807, 2.05) is 42.5 Å². The van der Waals surface area contributed by atoms with Gasteiger partial charge in [-0.1, -0.05) is 37.3 Å². The van der Waals surface area contributed by atoms with Crippen molar-refractivity contribution in [2.75, 3.05) is 0 Å². The molecule has 2 heterocycles. The highest BCUT2D eigenvalue weighted by molar-refractivity contribution is 5.78. The number of nitrogens with one attached hydrogen (secondary N) is 3. The Morgan fingerprint density at radius 1 is 1.13 bits per heavy atom. The maximum atomic E-state index is 12.3. The minimum absolute atomic E-state index is 0.0318. The van der Waals surface area contributed by atoms with Crippen LogP contribution in [0.1, 0.15) is 30.5 Å². The van der Waals surface area contributed by atoms with Gasteiger partial charge in [0.1, 0.15) is 0 Å². The van der Waals surface area contributed by atoms with Crippen LogP contribution in [0.3, 0.4) is 0 Å². The second-order valence-electron chi connectivity index (χ2n) is 5.83. The number of rotatable bonds is 5. The SMILES string of the molecule is CCC1C(NC(=O)Cc2ccccc2)NNC1c1ccncc1. The number of nitrogens with zero attached hydrogens (tertiary/aromatic N) is 1. The Morgan fingerprint density at radius 3 is 2.57 bits per heavy atom. The number of amides is 1. The van der Waals surface area contributed by atoms with Crippen molar-refractivity contribution in [2.45, 2.75) is 32.0 Å². The molecule has 1 aromatic heterocycles. The molecule has 3 rings (SSSR count). The highest BCUT2D eigenvalue weighted by Crippen LogP contribution is 2.29. The number of carbonyl (C=O) groups is 1. The van der Waals surface area contributed by atoms with Gasteiger partial charge in [-0.05, 0) is 29.7 Å². The summed E-state index contributed by atoms with van der Waals surface area (Å²) in [6, 6.07) is 14.0. The lowest BCUT2D eigenvalue weighted by molar-refractivity contribution is -0.121. The van der Waals surface area contributed by atoms with Gasteiger partial charge in [0.15, 0.2) is 0 Å². The molecule has 0 radical (unpaired) electrons. The Balaban J connectivity index is 1.63. The first-order valence-corrected chi connectivity index (χ1v) is 8.02. The van der Waals surface area contributed by atoms with Gasteiger partial charge in [0, 0.05) is 18.3 Å². The van der Waals surface area contributed by atoms with Crippen LogP contribution in [-0.2, 0) is 11.2 Å². The molecule has 1 aliphatic rings. The van der Waals surface area contributed by atoms with Crippen LogP contribution in [0.5, 0.6) is 0 Å². The van der Waals surface area contributed by atoms with Gasteiger partial charge >= 0.3 is 0 Å². The van der Waals surface area contributed by atoms with E-state index in [-0.39, 0.29) is 24.0 Å². The summed E-state index contributed by atoms with van der Waals surface area (Å²) in [7, 11) is 0. The third-order valence-corrected chi connectivity index (χ3v) is 4.31. The average Bonchev–Trinajstić information content (AvgIpc) is 2.99. The van der Waals surface area contributed by atoms with Crippen molar-refractivity contribution in [3.8, 4) is 0 Å². The summed E-state index contributed by atoms with van der Waals surface area (Å²) in [5.41, 5.74) is 8.72. The maximum absolute atomic E-state index is 12.3. The van der Waals surface area contributed by atoms with Crippen molar-refractivity contribution in [3.63, 3.8) is 0 Å². The summed E-state index contributed by atoms with van der Waals surface area (Å²) >= 11 is 0. The molecular weight excluding hydrogens is 288 g/mol. The van der Waals surface area contributed by atoms with E-state index >= 15 is 0 Å². The predicted molar refractivity (Wildman–Crippen MR) is 89.1 cm³/mol. The summed E-state index contributed by atoms with van der Waals surface area (Å²) in [6.07, 6.45) is 4.88. The van der Waals surface area contributed by atoms with Crippen molar-refractivity contribution in [2.24, 2.45) is 5.92 Å². The van der Waals surface area contributed by atoms with Crippen LogP contribution in [0.2, 0.25) is 0 Å². The first kappa shape index (κ1) is 15.6. The second kappa shape index (κ2) is 7.35. The van der Waals surface area contributed by atoms with Crippen LogP contribution in [0.4, 0.5) is 0 Å². The molecule has 0 spiro atoms. The van der Waals surface area contributed by atoms with Crippen molar-refractivity contribution in [1.82, 2.24) is 21.2 Å². The number of hydrazine groups is 1. The normalized spacial score (nSPS) is 23.6. The number of pyridine rings is 1. The van der Waals surface area contributed by atoms with Crippen LogP contribution in [0, 0.1) is 5.92 Å². The Labute approximate surface area is 136 Å². The van der Waals surface area contributed by atoms with Gasteiger partial charge in [-0.2, -0.15) is 0 Å². The molecule has 0 bridgehead atoms. The van der Waals surface area contributed by atoms with Gasteiger partial charge in [-0.25, -0.2) is 10.9 Å². The van der Waals surface area contributed by atoms with Gasteiger partial charge in [0.2, 0.25) is 5.91 Å². The van der Waals surface area contributed by atoms with Gasteiger partial charge < -0.3 is 5.32 Å². The van der Waals surface area contributed by atoms with Crippen molar-refractivity contribution in [1.29, 1.82) is 0 Å². The first-order chi connectivity index (χ1) is 11.3. The lowest BCUT2D eigenvalue weighted by atomic mass is 9.91. The van der Waals surface area contributed by atoms with Gasteiger partial charge in [-0.3, -0.25) is 9.78 Å². The van der Waals surface area contributed by atoms with E-state index in [0.29, 0.717) is 6.42 Å². The molecule has 2 aromatic rings. The fraction of sp³-hybridized carbons (Fsp3) is 0.333. The highest BCUT2D eigenvalue weighted by atomic mass is 16.1. The standard InChI is InChI=1S/C18H22N4O/c1-2-15-17(14-8-10-19-11-9-14)21-22-18(15)20-16(23)12-13-6-4-3-5-7-13/h3-11,15,17-18,21-22H,2,12H2,1H3,(H,20,23). The lowest BCUT2D eigenvalue weighted by Gasteiger charge is -2.22. The quantitative estimate of drug-likeness (QED) is 0.789. The molecule has 0 aliphatic carbocycles. The Hall–Kier alpha value is -2.24. The number of hydrogen-bond donors (Lipinski definition) is 3. The fourth-order valence-electron chi connectivity index (χ4n) is 3.11. The van der Waals surface area contributed by atoms with Crippen LogP contribution in [0.25, 0.3) is 0 Å². The Kier molecular flexibility index (Phi) is 5.00. The minimum Gasteiger partial charge on any atom is -0.339 e. The molecule has 3 N–H and O–H groups in total. The molecule has 1 amide bonds. The van der Waals surface area contributed by atoms with E-state index in [1.54, 1.807) is 12.4 Å². The van der Waals surface area contributed by atoms with Gasteiger partial charge in [0.25, 0.3) is 0 Å². The van der Waals surface area contributed by atoms with E-state index < -0.39 is 0 Å². The largest absolute Gasteiger partial charge is 0.339 e. The topological polar surface area (TPSA) is 66.1 Å². The van der Waals surface area contributed by atoms with Crippen LogP contribution in [0.15, 0.2) is 54.9 Å². The van der Waals surface area contributed by atoms with E-state index in [4.69, 9.17) is 0 Å². The predicted octanol–water partition coefficient (Wildman–Crippen LogP) is 1.94. The van der Waals surface area contributed by atoms with Crippen LogP contribution < -0.4 is 16.2 Å². The molecular formula is C18H22N4O. The molecule has 0 saturated carbocycles. The molecule has 1 saturated heterocycles. The molecule has 5 nitrogen and oxygen atoms in total. The smallest absolute Gasteiger partial charge is 0.225 e. The molecule has 1 aliphatic heterocycles. The zero-order valence-corrected chi connectivity index (χ0v) is 13.2. The molecule has 120 valence electrons. The molecule has 3 unspecified atom stereocenters. The summed E-state index contributed by atoms with van der Waals surface area (Å²) in [6.45, 7) is 2.14. The monoisotopic (exact) mass is 310 g/mol. The second-order valence-corrected chi connectivity index (χ2v) is 5.83. The van der Waals surface area contributed by atoms with Crippen molar-refractivity contribution < 1.29 is 4.79 Å². The molecule has 3 atom stereocenters. The van der Waals surface area contributed by atoms with E-state index in [1.165, 1.54) is 5.56 Å². The molecule has 5 heteroatoms. The first-order valence-electron chi connectivity index (χ1n) is 8.02. The van der Waals surface area contributed by atoms with E-state index in [2.05, 4.69) is 28.1 Å². The summed E-state index contributed by atoms with van der Waals surface area (Å²) in [5.74, 6) is 0.321.